The minimum Gasteiger partial charge on any atom is -0.466 e. The average Bonchev–Trinajstić information content (AvgIpc) is 3.44. The van der Waals surface area contributed by atoms with Gasteiger partial charge in [-0.2, -0.15) is 14.7 Å². The highest BCUT2D eigenvalue weighted by atomic mass is 16.5. The molecule has 4 heterocycles. The molecule has 1 amide bonds. The Kier molecular flexibility index (Phi) is 6.12. The topological polar surface area (TPSA) is 152 Å². The third-order valence-electron chi connectivity index (χ3n) is 5.41. The number of ether oxygens (including phenoxy) is 1. The maximum Gasteiger partial charge on any atom is 0.307 e. The van der Waals surface area contributed by atoms with Gasteiger partial charge in [-0.05, 0) is 19.8 Å². The van der Waals surface area contributed by atoms with Crippen LogP contribution in [-0.4, -0.2) is 62.4 Å². The van der Waals surface area contributed by atoms with Crippen LogP contribution in [0.1, 0.15) is 37.8 Å². The molecule has 1 fully saturated rings. The monoisotopic (exact) mass is 426 g/mol. The first-order valence-corrected chi connectivity index (χ1v) is 10.4. The minimum atomic E-state index is -0.312. The number of rotatable bonds is 7. The van der Waals surface area contributed by atoms with Gasteiger partial charge in [0.1, 0.15) is 5.82 Å². The smallest absolute Gasteiger partial charge is 0.307 e. The summed E-state index contributed by atoms with van der Waals surface area (Å²) in [5, 5.41) is 17.2. The summed E-state index contributed by atoms with van der Waals surface area (Å²) >= 11 is 0. The van der Waals surface area contributed by atoms with Crippen molar-refractivity contribution in [3.63, 3.8) is 0 Å². The zero-order valence-electron chi connectivity index (χ0n) is 17.3. The molecule has 1 aliphatic heterocycles. The second-order valence-corrected chi connectivity index (χ2v) is 7.47. The number of nitrogens with zero attached hydrogens (tertiary/aromatic N) is 4. The number of nitrogen functional groups attached to an aromatic ring is 1. The lowest BCUT2D eigenvalue weighted by Crippen LogP contribution is -2.48. The Morgan fingerprint density at radius 2 is 2.23 bits per heavy atom. The number of piperidine rings is 1. The SMILES string of the molecule is CCOC(=O)CCNC(=O)C1CCC(c2cc(N)n3ncc(-c4cn[nH]c4)c3n2)CN1. The summed E-state index contributed by atoms with van der Waals surface area (Å²) in [4.78, 5) is 28.6. The molecule has 3 aromatic heterocycles. The van der Waals surface area contributed by atoms with Crippen molar-refractivity contribution >= 4 is 23.3 Å². The molecular weight excluding hydrogens is 400 g/mol. The van der Waals surface area contributed by atoms with Crippen LogP contribution in [0.5, 0.6) is 0 Å². The van der Waals surface area contributed by atoms with Gasteiger partial charge >= 0.3 is 5.97 Å². The Hall–Kier alpha value is -3.47. The van der Waals surface area contributed by atoms with E-state index in [9.17, 15) is 9.59 Å². The third kappa shape index (κ3) is 4.50. The molecule has 11 nitrogen and oxygen atoms in total. The number of aromatic nitrogens is 5. The lowest BCUT2D eigenvalue weighted by Gasteiger charge is -2.29. The molecule has 4 rings (SSSR count). The number of esters is 1. The van der Waals surface area contributed by atoms with Crippen molar-refractivity contribution in [1.29, 1.82) is 0 Å². The molecule has 0 radical (unpaired) electrons. The second-order valence-electron chi connectivity index (χ2n) is 7.47. The number of nitrogens with two attached hydrogens (primary N) is 1. The van der Waals surface area contributed by atoms with Gasteiger partial charge in [-0.1, -0.05) is 0 Å². The number of carbonyl (C=O) groups excluding carboxylic acids is 2. The van der Waals surface area contributed by atoms with E-state index in [-0.39, 0.29) is 36.8 Å². The van der Waals surface area contributed by atoms with E-state index in [1.165, 1.54) is 0 Å². The summed E-state index contributed by atoms with van der Waals surface area (Å²) in [7, 11) is 0. The van der Waals surface area contributed by atoms with Crippen LogP contribution in [0.15, 0.2) is 24.7 Å². The zero-order chi connectivity index (χ0) is 21.8. The van der Waals surface area contributed by atoms with E-state index in [2.05, 4.69) is 25.9 Å². The van der Waals surface area contributed by atoms with Crippen LogP contribution in [-0.2, 0) is 14.3 Å². The van der Waals surface area contributed by atoms with Gasteiger partial charge in [0.2, 0.25) is 5.91 Å². The van der Waals surface area contributed by atoms with E-state index in [1.807, 2.05) is 6.07 Å². The molecule has 1 aliphatic rings. The fourth-order valence-corrected chi connectivity index (χ4v) is 3.79. The van der Waals surface area contributed by atoms with E-state index in [1.54, 1.807) is 30.0 Å². The van der Waals surface area contributed by atoms with Crippen LogP contribution in [0, 0.1) is 0 Å². The van der Waals surface area contributed by atoms with Gasteiger partial charge in [0.25, 0.3) is 0 Å². The number of H-pyrrole nitrogens is 1. The van der Waals surface area contributed by atoms with Crippen LogP contribution in [0.4, 0.5) is 5.82 Å². The van der Waals surface area contributed by atoms with Gasteiger partial charge in [-0.15, -0.1) is 0 Å². The molecule has 0 saturated carbocycles. The Bertz CT molecular complexity index is 1050. The summed E-state index contributed by atoms with van der Waals surface area (Å²) in [6.45, 7) is 2.97. The highest BCUT2D eigenvalue weighted by molar-refractivity contribution is 5.82. The van der Waals surface area contributed by atoms with Crippen molar-refractivity contribution in [2.75, 3.05) is 25.4 Å². The largest absolute Gasteiger partial charge is 0.466 e. The molecule has 0 aromatic carbocycles. The maximum absolute atomic E-state index is 12.4. The van der Waals surface area contributed by atoms with E-state index >= 15 is 0 Å². The average molecular weight is 426 g/mol. The lowest BCUT2D eigenvalue weighted by molar-refractivity contribution is -0.143. The van der Waals surface area contributed by atoms with Crippen LogP contribution in [0.25, 0.3) is 16.8 Å². The molecular formula is C20H26N8O3. The fraction of sp³-hybridized carbons (Fsp3) is 0.450. The van der Waals surface area contributed by atoms with Crippen LogP contribution in [0.2, 0.25) is 0 Å². The number of nitrogens with one attached hydrogen (secondary N) is 3. The van der Waals surface area contributed by atoms with Crippen molar-refractivity contribution < 1.29 is 14.3 Å². The van der Waals surface area contributed by atoms with Crippen molar-refractivity contribution in [3.05, 3.63) is 30.4 Å². The van der Waals surface area contributed by atoms with E-state index in [4.69, 9.17) is 15.5 Å². The number of anilines is 1. The number of aromatic amines is 1. The summed E-state index contributed by atoms with van der Waals surface area (Å²) in [6.07, 6.45) is 6.85. The Morgan fingerprint density at radius 1 is 1.35 bits per heavy atom. The predicted molar refractivity (Wildman–Crippen MR) is 113 cm³/mol. The van der Waals surface area contributed by atoms with Crippen LogP contribution >= 0.6 is 0 Å². The maximum atomic E-state index is 12.4. The van der Waals surface area contributed by atoms with Gasteiger partial charge in [0.15, 0.2) is 5.65 Å². The normalized spacial score (nSPS) is 18.7. The number of hydrogen-bond donors (Lipinski definition) is 4. The molecule has 2 unspecified atom stereocenters. The molecule has 5 N–H and O–H groups in total. The van der Waals surface area contributed by atoms with Crippen LogP contribution < -0.4 is 16.4 Å². The summed E-state index contributed by atoms with van der Waals surface area (Å²) in [5.41, 5.74) is 9.50. The Labute approximate surface area is 178 Å². The fourth-order valence-electron chi connectivity index (χ4n) is 3.79. The predicted octanol–water partition coefficient (Wildman–Crippen LogP) is 0.607. The highest BCUT2D eigenvalue weighted by Crippen LogP contribution is 2.29. The minimum absolute atomic E-state index is 0.108. The van der Waals surface area contributed by atoms with Crippen molar-refractivity contribution in [1.82, 2.24) is 35.4 Å². The van der Waals surface area contributed by atoms with E-state index in [0.717, 1.165) is 23.2 Å². The molecule has 164 valence electrons. The summed E-state index contributed by atoms with van der Waals surface area (Å²) in [6, 6.07) is 1.54. The number of fused-ring (bicyclic) bond motifs is 1. The first-order chi connectivity index (χ1) is 15.1. The molecule has 11 heteroatoms. The van der Waals surface area contributed by atoms with E-state index in [0.29, 0.717) is 31.0 Å². The number of carbonyl (C=O) groups is 2. The zero-order valence-corrected chi connectivity index (χ0v) is 17.3. The molecule has 3 aromatic rings. The second kappa shape index (κ2) is 9.13. The van der Waals surface area contributed by atoms with Gasteiger partial charge in [-0.25, -0.2) is 4.98 Å². The third-order valence-corrected chi connectivity index (χ3v) is 5.41. The Balaban J connectivity index is 1.39. The highest BCUT2D eigenvalue weighted by Gasteiger charge is 2.28. The molecule has 31 heavy (non-hydrogen) atoms. The first kappa shape index (κ1) is 20.8. The van der Waals surface area contributed by atoms with Crippen LogP contribution in [0.3, 0.4) is 0 Å². The van der Waals surface area contributed by atoms with Gasteiger partial charge in [-0.3, -0.25) is 14.7 Å². The first-order valence-electron chi connectivity index (χ1n) is 10.4. The number of hydrogen-bond acceptors (Lipinski definition) is 8. The Morgan fingerprint density at radius 3 is 2.94 bits per heavy atom. The molecule has 2 atom stereocenters. The lowest BCUT2D eigenvalue weighted by atomic mass is 9.91. The summed E-state index contributed by atoms with van der Waals surface area (Å²) < 4.78 is 6.48. The van der Waals surface area contributed by atoms with Gasteiger partial charge in [0.05, 0.1) is 37.2 Å². The van der Waals surface area contributed by atoms with Gasteiger partial charge in [0, 0.05) is 42.4 Å². The quantitative estimate of drug-likeness (QED) is 0.401. The van der Waals surface area contributed by atoms with Gasteiger partial charge < -0.3 is 21.1 Å². The van der Waals surface area contributed by atoms with Crippen molar-refractivity contribution in [3.8, 4) is 11.1 Å². The molecule has 1 saturated heterocycles. The van der Waals surface area contributed by atoms with E-state index < -0.39 is 0 Å². The number of amides is 1. The molecule has 0 bridgehead atoms. The standard InChI is InChI=1S/C20H26N8O3/c1-2-31-18(29)5-6-22-20(30)15-4-3-12(8-23-15)16-7-17(21)28-19(27-16)14(11-26-28)13-9-24-25-10-13/h7,9-12,15,23H,2-6,8,21H2,1H3,(H,22,30)(H,24,25). The van der Waals surface area contributed by atoms with Crippen molar-refractivity contribution in [2.24, 2.45) is 0 Å². The van der Waals surface area contributed by atoms with Crippen molar-refractivity contribution in [2.45, 2.75) is 38.1 Å². The summed E-state index contributed by atoms with van der Waals surface area (Å²) in [5.74, 6) is 0.216. The molecule has 0 spiro atoms. The molecule has 0 aliphatic carbocycles.